The normalized spacial score (nSPS) is 12.2. The highest BCUT2D eigenvalue weighted by Gasteiger charge is 2.28. The Morgan fingerprint density at radius 2 is 0.920 bits per heavy atom. The molecule has 0 radical (unpaired) electrons. The van der Waals surface area contributed by atoms with Gasteiger partial charge >= 0.3 is 0 Å². The van der Waals surface area contributed by atoms with Crippen LogP contribution in [0.4, 0.5) is 11.4 Å². The largest absolute Gasteiger partial charge is 0.458 e. The molecule has 50 heavy (non-hydrogen) atoms. The van der Waals surface area contributed by atoms with Crippen LogP contribution in [0.2, 0.25) is 0 Å². The molecule has 0 unspecified atom stereocenters. The van der Waals surface area contributed by atoms with Gasteiger partial charge in [-0.25, -0.2) is 0 Å². The Morgan fingerprint density at radius 1 is 0.440 bits per heavy atom. The van der Waals surface area contributed by atoms with Crippen molar-refractivity contribution in [1.29, 1.82) is 0 Å². The SMILES string of the molecule is C1=C(N(c2ccc(-c3ccc(-c4ccccc4)cc3)cc2)c2ccccc2-c2ccc(-c3ccccc3)cc2)c2c(oc3ccccc23)CN1. The van der Waals surface area contributed by atoms with Gasteiger partial charge in [0.05, 0.1) is 23.5 Å². The first-order chi connectivity index (χ1) is 24.8. The van der Waals surface area contributed by atoms with E-state index in [9.17, 15) is 0 Å². The number of hydrogen-bond donors (Lipinski definition) is 1. The van der Waals surface area contributed by atoms with Crippen molar-refractivity contribution in [3.63, 3.8) is 0 Å². The van der Waals surface area contributed by atoms with Gasteiger partial charge in [-0.05, 0) is 63.2 Å². The highest BCUT2D eigenvalue weighted by atomic mass is 16.3. The van der Waals surface area contributed by atoms with Crippen molar-refractivity contribution in [2.45, 2.75) is 6.54 Å². The first-order valence-electron chi connectivity index (χ1n) is 17.1. The Hall–Kier alpha value is -6.58. The molecule has 0 saturated heterocycles. The van der Waals surface area contributed by atoms with E-state index in [-0.39, 0.29) is 0 Å². The zero-order valence-electron chi connectivity index (χ0n) is 27.5. The van der Waals surface area contributed by atoms with Crippen molar-refractivity contribution >= 4 is 28.0 Å². The van der Waals surface area contributed by atoms with Crippen LogP contribution in [0.3, 0.4) is 0 Å². The minimum absolute atomic E-state index is 0.641. The summed E-state index contributed by atoms with van der Waals surface area (Å²) in [4.78, 5) is 2.37. The van der Waals surface area contributed by atoms with E-state index in [1.54, 1.807) is 0 Å². The molecule has 1 aliphatic heterocycles. The molecule has 1 N–H and O–H groups in total. The predicted octanol–water partition coefficient (Wildman–Crippen LogP) is 12.3. The van der Waals surface area contributed by atoms with Crippen LogP contribution in [0.15, 0.2) is 193 Å². The lowest BCUT2D eigenvalue weighted by Crippen LogP contribution is -2.23. The molecule has 1 aliphatic rings. The van der Waals surface area contributed by atoms with E-state index < -0.39 is 0 Å². The zero-order chi connectivity index (χ0) is 33.3. The Labute approximate surface area is 292 Å². The number of nitrogens with zero attached hydrogens (tertiary/aromatic N) is 1. The van der Waals surface area contributed by atoms with E-state index in [1.165, 1.54) is 33.4 Å². The Bertz CT molecular complexity index is 2440. The number of benzene rings is 7. The van der Waals surface area contributed by atoms with Gasteiger partial charge < -0.3 is 14.6 Å². The number of nitrogens with one attached hydrogen (secondary N) is 1. The van der Waals surface area contributed by atoms with Crippen LogP contribution in [-0.4, -0.2) is 0 Å². The molecule has 3 nitrogen and oxygen atoms in total. The molecule has 9 rings (SSSR count). The maximum atomic E-state index is 6.40. The lowest BCUT2D eigenvalue weighted by molar-refractivity contribution is 0.531. The summed E-state index contributed by atoms with van der Waals surface area (Å²) in [6.45, 7) is 0.641. The number of hydrogen-bond acceptors (Lipinski definition) is 3. The van der Waals surface area contributed by atoms with E-state index in [2.05, 4.69) is 192 Å². The molecule has 0 amide bonds. The summed E-state index contributed by atoms with van der Waals surface area (Å²) in [5.74, 6) is 0.938. The fourth-order valence-corrected chi connectivity index (χ4v) is 7.07. The lowest BCUT2D eigenvalue weighted by atomic mass is 9.96. The molecule has 0 bridgehead atoms. The van der Waals surface area contributed by atoms with Crippen molar-refractivity contribution in [2.24, 2.45) is 0 Å². The van der Waals surface area contributed by atoms with Crippen LogP contribution in [0.5, 0.6) is 0 Å². The Morgan fingerprint density at radius 3 is 1.54 bits per heavy atom. The fourth-order valence-electron chi connectivity index (χ4n) is 7.07. The summed E-state index contributed by atoms with van der Waals surface area (Å²) in [6.07, 6.45) is 2.13. The minimum atomic E-state index is 0.641. The smallest absolute Gasteiger partial charge is 0.135 e. The topological polar surface area (TPSA) is 28.4 Å². The molecule has 7 aromatic carbocycles. The van der Waals surface area contributed by atoms with Gasteiger partial charge in [0.25, 0.3) is 0 Å². The number of para-hydroxylation sites is 2. The van der Waals surface area contributed by atoms with Gasteiger partial charge in [0.15, 0.2) is 0 Å². The molecule has 1 aromatic heterocycles. The van der Waals surface area contributed by atoms with Crippen LogP contribution in [-0.2, 0) is 6.54 Å². The van der Waals surface area contributed by atoms with Crippen molar-refractivity contribution < 1.29 is 4.42 Å². The summed E-state index contributed by atoms with van der Waals surface area (Å²) in [6, 6.07) is 64.7. The molecular weight excluding hydrogens is 609 g/mol. The standard InChI is InChI=1S/C47H34N2O/c1-3-11-33(12-4-1)35-19-21-37(22-20-35)38-27-29-40(30-28-38)49(44-31-48-32-46-47(44)42-16-8-10-18-45(42)50-46)43-17-9-7-15-41(43)39-25-23-36(24-26-39)34-13-5-2-6-14-34/h1-31,48H,32H2. The van der Waals surface area contributed by atoms with Crippen LogP contribution >= 0.6 is 0 Å². The third-order valence-electron chi connectivity index (χ3n) is 9.57. The van der Waals surface area contributed by atoms with Crippen LogP contribution in [0.1, 0.15) is 11.3 Å². The van der Waals surface area contributed by atoms with Crippen molar-refractivity contribution in [2.75, 3.05) is 4.90 Å². The minimum Gasteiger partial charge on any atom is -0.458 e. The van der Waals surface area contributed by atoms with Gasteiger partial charge in [0, 0.05) is 22.8 Å². The van der Waals surface area contributed by atoms with Gasteiger partial charge in [-0.1, -0.05) is 158 Å². The Balaban J connectivity index is 1.15. The fraction of sp³-hybridized carbons (Fsp3) is 0.0213. The molecule has 0 aliphatic carbocycles. The van der Waals surface area contributed by atoms with Gasteiger partial charge in [-0.2, -0.15) is 0 Å². The first kappa shape index (κ1) is 29.6. The van der Waals surface area contributed by atoms with Gasteiger partial charge in [0.1, 0.15) is 11.3 Å². The van der Waals surface area contributed by atoms with Crippen LogP contribution in [0, 0.1) is 0 Å². The van der Waals surface area contributed by atoms with Crippen LogP contribution < -0.4 is 10.2 Å². The van der Waals surface area contributed by atoms with Gasteiger partial charge in [-0.15, -0.1) is 0 Å². The second-order valence-corrected chi connectivity index (χ2v) is 12.6. The van der Waals surface area contributed by atoms with Crippen molar-refractivity contribution in [3.05, 3.63) is 200 Å². The van der Waals surface area contributed by atoms with E-state index in [4.69, 9.17) is 4.42 Å². The molecular formula is C47H34N2O. The number of fused-ring (bicyclic) bond motifs is 3. The van der Waals surface area contributed by atoms with Crippen molar-refractivity contribution in [3.8, 4) is 44.5 Å². The number of furan rings is 1. The number of rotatable bonds is 7. The predicted molar refractivity (Wildman–Crippen MR) is 208 cm³/mol. The third-order valence-corrected chi connectivity index (χ3v) is 9.57. The maximum absolute atomic E-state index is 6.40. The van der Waals surface area contributed by atoms with E-state index in [0.29, 0.717) is 6.54 Å². The van der Waals surface area contributed by atoms with Gasteiger partial charge in [-0.3, -0.25) is 0 Å². The molecule has 2 heterocycles. The average molecular weight is 643 g/mol. The summed E-state index contributed by atoms with van der Waals surface area (Å²) < 4.78 is 6.40. The summed E-state index contributed by atoms with van der Waals surface area (Å²) in [5, 5.41) is 4.63. The zero-order valence-corrected chi connectivity index (χ0v) is 27.5. The Kier molecular flexibility index (Phi) is 7.56. The van der Waals surface area contributed by atoms with E-state index in [1.807, 2.05) is 6.07 Å². The first-order valence-corrected chi connectivity index (χ1v) is 17.1. The monoisotopic (exact) mass is 642 g/mol. The number of anilines is 2. The highest BCUT2D eigenvalue weighted by Crippen LogP contribution is 2.45. The molecule has 8 aromatic rings. The second kappa shape index (κ2) is 12.8. The molecule has 0 saturated carbocycles. The van der Waals surface area contributed by atoms with Crippen LogP contribution in [0.25, 0.3) is 61.2 Å². The highest BCUT2D eigenvalue weighted by molar-refractivity contribution is 6.02. The quantitative estimate of drug-likeness (QED) is 0.187. The lowest BCUT2D eigenvalue weighted by Gasteiger charge is -2.32. The summed E-state index contributed by atoms with van der Waals surface area (Å²) in [7, 11) is 0. The van der Waals surface area contributed by atoms with E-state index >= 15 is 0 Å². The molecule has 0 atom stereocenters. The molecule has 3 heteroatoms. The summed E-state index contributed by atoms with van der Waals surface area (Å²) >= 11 is 0. The maximum Gasteiger partial charge on any atom is 0.135 e. The molecule has 238 valence electrons. The molecule has 0 spiro atoms. The third kappa shape index (κ3) is 5.45. The van der Waals surface area contributed by atoms with Gasteiger partial charge in [0.2, 0.25) is 0 Å². The summed E-state index contributed by atoms with van der Waals surface area (Å²) in [5.41, 5.74) is 14.7. The molecule has 0 fully saturated rings. The average Bonchev–Trinajstić information content (AvgIpc) is 3.59. The second-order valence-electron chi connectivity index (χ2n) is 12.6. The van der Waals surface area contributed by atoms with E-state index in [0.717, 1.165) is 50.5 Å². The van der Waals surface area contributed by atoms with Crippen molar-refractivity contribution in [1.82, 2.24) is 5.32 Å².